The van der Waals surface area contributed by atoms with Crippen LogP contribution in [0.2, 0.25) is 0 Å². The number of rotatable bonds is 3. The number of likely N-dealkylation sites (tertiary alicyclic amines) is 1. The molecule has 2 aliphatic heterocycles. The van der Waals surface area contributed by atoms with E-state index in [0.29, 0.717) is 43.7 Å². The van der Waals surface area contributed by atoms with E-state index in [1.54, 1.807) is 41.2 Å². The van der Waals surface area contributed by atoms with Gasteiger partial charge in [0.25, 0.3) is 5.91 Å². The zero-order valence-electron chi connectivity index (χ0n) is 19.5. The molecule has 2 amide bonds. The number of pyridine rings is 1. The Labute approximate surface area is 201 Å². The third-order valence-electron chi connectivity index (χ3n) is 7.21. The number of nitrogens with one attached hydrogen (secondary N) is 1. The van der Waals surface area contributed by atoms with Crippen molar-refractivity contribution in [1.29, 1.82) is 5.26 Å². The summed E-state index contributed by atoms with van der Waals surface area (Å²) in [5, 5.41) is 11.8. The maximum atomic E-state index is 13.5. The van der Waals surface area contributed by atoms with Crippen molar-refractivity contribution in [3.05, 3.63) is 58.9 Å². The Balaban J connectivity index is 1.57. The molecule has 0 saturated carbocycles. The van der Waals surface area contributed by atoms with E-state index >= 15 is 0 Å². The third-order valence-corrected chi connectivity index (χ3v) is 7.21. The molecule has 1 spiro atoms. The molecule has 7 nitrogen and oxygen atoms in total. The summed E-state index contributed by atoms with van der Waals surface area (Å²) in [5.74, 6) is -0.726. The molecule has 3 heterocycles. The van der Waals surface area contributed by atoms with Crippen molar-refractivity contribution in [2.24, 2.45) is 11.3 Å². The van der Waals surface area contributed by atoms with Crippen molar-refractivity contribution in [2.75, 3.05) is 38.1 Å². The molecule has 0 aliphatic carbocycles. The van der Waals surface area contributed by atoms with Gasteiger partial charge in [-0.3, -0.25) is 14.6 Å². The minimum absolute atomic E-state index is 0.124. The highest BCUT2D eigenvalue weighted by Gasteiger charge is 2.51. The van der Waals surface area contributed by atoms with Gasteiger partial charge in [0.2, 0.25) is 5.91 Å². The number of anilines is 1. The van der Waals surface area contributed by atoms with Crippen LogP contribution in [0.3, 0.4) is 0 Å². The summed E-state index contributed by atoms with van der Waals surface area (Å²) < 4.78 is 40.5. The first-order valence-corrected chi connectivity index (χ1v) is 11.4. The van der Waals surface area contributed by atoms with Gasteiger partial charge in [0.1, 0.15) is 0 Å². The molecule has 2 aliphatic rings. The van der Waals surface area contributed by atoms with Crippen LogP contribution in [0.5, 0.6) is 0 Å². The Morgan fingerprint density at radius 3 is 2.49 bits per heavy atom. The van der Waals surface area contributed by atoms with Crippen LogP contribution in [0.25, 0.3) is 0 Å². The number of piperidine rings is 1. The summed E-state index contributed by atoms with van der Waals surface area (Å²) >= 11 is 0. The normalized spacial score (nSPS) is 19.5. The second kappa shape index (κ2) is 9.21. The molecular formula is C25H26F3N5O2. The van der Waals surface area contributed by atoms with Gasteiger partial charge in [-0.25, -0.2) is 0 Å². The molecule has 184 valence electrons. The molecule has 1 aromatic carbocycles. The Kier molecular flexibility index (Phi) is 6.45. The van der Waals surface area contributed by atoms with Crippen molar-refractivity contribution in [3.63, 3.8) is 0 Å². The van der Waals surface area contributed by atoms with Crippen LogP contribution < -0.4 is 10.2 Å². The summed E-state index contributed by atoms with van der Waals surface area (Å²) in [7, 11) is 1.55. The topological polar surface area (TPSA) is 89.3 Å². The highest BCUT2D eigenvalue weighted by molar-refractivity contribution is 5.94. The molecule has 1 aromatic heterocycles. The first kappa shape index (κ1) is 24.5. The van der Waals surface area contributed by atoms with Crippen LogP contribution in [-0.4, -0.2) is 54.9 Å². The number of carbonyl (C=O) groups excluding carboxylic acids is 2. The van der Waals surface area contributed by atoms with Gasteiger partial charge in [0.05, 0.1) is 28.7 Å². The van der Waals surface area contributed by atoms with Crippen molar-refractivity contribution in [1.82, 2.24) is 15.2 Å². The SMILES string of the molecule is CNC(=O)C1CN(c2ccc(C#N)c(C(F)(F)F)c2)CC12CCN(C(=O)c1ccc(C)nc1)CC2. The fourth-order valence-electron chi connectivity index (χ4n) is 5.20. The Bertz CT molecular complexity index is 1170. The van der Waals surface area contributed by atoms with Crippen LogP contribution in [0.1, 0.15) is 40.0 Å². The van der Waals surface area contributed by atoms with Gasteiger partial charge in [-0.15, -0.1) is 0 Å². The molecule has 35 heavy (non-hydrogen) atoms. The molecule has 0 bridgehead atoms. The predicted octanol–water partition coefficient (Wildman–Crippen LogP) is 3.39. The van der Waals surface area contributed by atoms with Crippen molar-refractivity contribution < 1.29 is 22.8 Å². The van der Waals surface area contributed by atoms with Crippen molar-refractivity contribution in [3.8, 4) is 6.07 Å². The second-order valence-electron chi connectivity index (χ2n) is 9.23. The van der Waals surface area contributed by atoms with Gasteiger partial charge in [-0.1, -0.05) is 0 Å². The first-order valence-electron chi connectivity index (χ1n) is 11.4. The van der Waals surface area contributed by atoms with Gasteiger partial charge in [0, 0.05) is 56.2 Å². The number of amides is 2. The molecule has 1 unspecified atom stereocenters. The predicted molar refractivity (Wildman–Crippen MR) is 122 cm³/mol. The van der Waals surface area contributed by atoms with E-state index in [0.717, 1.165) is 11.8 Å². The van der Waals surface area contributed by atoms with Gasteiger partial charge < -0.3 is 15.1 Å². The number of nitrogens with zero attached hydrogens (tertiary/aromatic N) is 4. The molecule has 0 radical (unpaired) electrons. The smallest absolute Gasteiger partial charge is 0.370 e. The molecule has 4 rings (SSSR count). The van der Waals surface area contributed by atoms with Crippen LogP contribution in [0.15, 0.2) is 36.5 Å². The van der Waals surface area contributed by atoms with E-state index in [-0.39, 0.29) is 18.4 Å². The van der Waals surface area contributed by atoms with E-state index in [1.165, 1.54) is 12.1 Å². The number of hydrogen-bond donors (Lipinski definition) is 1. The summed E-state index contributed by atoms with van der Waals surface area (Å²) in [6.45, 7) is 3.38. The summed E-state index contributed by atoms with van der Waals surface area (Å²) in [6.07, 6.45) is -2.00. The number of aromatic nitrogens is 1. The highest BCUT2D eigenvalue weighted by Crippen LogP contribution is 2.47. The van der Waals surface area contributed by atoms with E-state index in [1.807, 2.05) is 6.92 Å². The van der Waals surface area contributed by atoms with Gasteiger partial charge in [-0.05, 0) is 50.1 Å². The minimum atomic E-state index is -4.66. The summed E-state index contributed by atoms with van der Waals surface area (Å²) in [5.41, 5.74) is -0.257. The quantitative estimate of drug-likeness (QED) is 0.720. The fourth-order valence-corrected chi connectivity index (χ4v) is 5.20. The lowest BCUT2D eigenvalue weighted by molar-refractivity contribution is -0.137. The van der Waals surface area contributed by atoms with E-state index in [9.17, 15) is 22.8 Å². The lowest BCUT2D eigenvalue weighted by Crippen LogP contribution is -2.49. The number of hydrogen-bond acceptors (Lipinski definition) is 5. The number of halogens is 3. The maximum Gasteiger partial charge on any atom is 0.417 e. The van der Waals surface area contributed by atoms with Crippen LogP contribution in [0.4, 0.5) is 18.9 Å². The van der Waals surface area contributed by atoms with Gasteiger partial charge in [0.15, 0.2) is 0 Å². The fraction of sp³-hybridized carbons (Fsp3) is 0.440. The number of aryl methyl sites for hydroxylation is 1. The monoisotopic (exact) mass is 485 g/mol. The van der Waals surface area contributed by atoms with E-state index < -0.39 is 28.6 Å². The lowest BCUT2D eigenvalue weighted by Gasteiger charge is -2.42. The Hall–Kier alpha value is -3.61. The molecule has 2 fully saturated rings. The summed E-state index contributed by atoms with van der Waals surface area (Å²) in [4.78, 5) is 33.5. The second-order valence-corrected chi connectivity index (χ2v) is 9.23. The minimum Gasteiger partial charge on any atom is -0.370 e. The molecule has 1 atom stereocenters. The van der Waals surface area contributed by atoms with Crippen LogP contribution in [-0.2, 0) is 11.0 Å². The average Bonchev–Trinajstić information content (AvgIpc) is 3.21. The van der Waals surface area contributed by atoms with E-state index in [2.05, 4.69) is 10.3 Å². The maximum absolute atomic E-state index is 13.5. The van der Waals surface area contributed by atoms with Gasteiger partial charge >= 0.3 is 6.18 Å². The van der Waals surface area contributed by atoms with Crippen LogP contribution in [0, 0.1) is 29.6 Å². The number of alkyl halides is 3. The third kappa shape index (κ3) is 4.67. The van der Waals surface area contributed by atoms with Crippen molar-refractivity contribution in [2.45, 2.75) is 25.9 Å². The average molecular weight is 486 g/mol. The molecule has 2 aromatic rings. The molecular weight excluding hydrogens is 459 g/mol. The summed E-state index contributed by atoms with van der Waals surface area (Å²) in [6, 6.07) is 8.78. The zero-order valence-corrected chi connectivity index (χ0v) is 19.5. The standard InChI is InChI=1S/C25H26F3N5O2/c1-16-3-4-18(13-31-16)23(35)32-9-7-24(8-10-32)15-33(14-21(24)22(34)30-2)19-6-5-17(12-29)20(11-19)25(26,27)28/h3-6,11,13,21H,7-10,14-15H2,1-2H3,(H,30,34). The molecule has 2 saturated heterocycles. The number of nitriles is 1. The highest BCUT2D eigenvalue weighted by atomic mass is 19.4. The largest absolute Gasteiger partial charge is 0.417 e. The van der Waals surface area contributed by atoms with Gasteiger partial charge in [-0.2, -0.15) is 18.4 Å². The number of carbonyl (C=O) groups is 2. The van der Waals surface area contributed by atoms with Crippen LogP contribution >= 0.6 is 0 Å². The zero-order chi connectivity index (χ0) is 25.4. The molecule has 1 N–H and O–H groups in total. The Morgan fingerprint density at radius 2 is 1.91 bits per heavy atom. The van der Waals surface area contributed by atoms with E-state index in [4.69, 9.17) is 5.26 Å². The lowest BCUT2D eigenvalue weighted by atomic mass is 9.70. The van der Waals surface area contributed by atoms with Crippen molar-refractivity contribution >= 4 is 17.5 Å². The first-order chi connectivity index (χ1) is 16.6. The molecule has 10 heteroatoms. The Morgan fingerprint density at radius 1 is 1.20 bits per heavy atom. The number of benzene rings is 1.